The fourth-order valence-electron chi connectivity index (χ4n) is 2.31. The van der Waals surface area contributed by atoms with Crippen molar-refractivity contribution in [3.63, 3.8) is 0 Å². The Hall–Kier alpha value is -1.87. The van der Waals surface area contributed by atoms with Gasteiger partial charge in [-0.05, 0) is 51.1 Å². The Morgan fingerprint density at radius 1 is 1.05 bits per heavy atom. The lowest BCUT2D eigenvalue weighted by atomic mass is 10.2. The largest absolute Gasteiger partial charge is 0.327 e. The van der Waals surface area contributed by atoms with E-state index in [9.17, 15) is 0 Å². The molecule has 0 aliphatic heterocycles. The van der Waals surface area contributed by atoms with Gasteiger partial charge in [0.25, 0.3) is 0 Å². The molecule has 21 heavy (non-hydrogen) atoms. The second-order valence-electron chi connectivity index (χ2n) is 5.24. The Morgan fingerprint density at radius 2 is 1.81 bits per heavy atom. The van der Waals surface area contributed by atoms with Gasteiger partial charge in [-0.1, -0.05) is 30.7 Å². The highest BCUT2D eigenvalue weighted by atomic mass is 15.2. The fourth-order valence-corrected chi connectivity index (χ4v) is 2.31. The predicted molar refractivity (Wildman–Crippen MR) is 90.1 cm³/mol. The van der Waals surface area contributed by atoms with Gasteiger partial charge in [-0.3, -0.25) is 0 Å². The average Bonchev–Trinajstić information content (AvgIpc) is 2.51. The Morgan fingerprint density at radius 3 is 2.48 bits per heavy atom. The van der Waals surface area contributed by atoms with Crippen LogP contribution in [-0.4, -0.2) is 18.1 Å². The fraction of sp³-hybridized carbons (Fsp3) is 0.389. The summed E-state index contributed by atoms with van der Waals surface area (Å²) in [5.74, 6) is 1.01. The van der Waals surface area contributed by atoms with Gasteiger partial charge in [0.2, 0.25) is 0 Å². The molecule has 0 aliphatic carbocycles. The van der Waals surface area contributed by atoms with Crippen LogP contribution in [-0.2, 0) is 6.54 Å². The third-order valence-electron chi connectivity index (χ3n) is 3.46. The molecule has 3 heteroatoms. The van der Waals surface area contributed by atoms with Crippen molar-refractivity contribution in [2.24, 2.45) is 0 Å². The molecule has 2 rings (SSSR count). The molecule has 0 unspecified atom stereocenters. The molecule has 0 atom stereocenters. The van der Waals surface area contributed by atoms with Gasteiger partial charge in [-0.2, -0.15) is 0 Å². The van der Waals surface area contributed by atoms with Crippen LogP contribution >= 0.6 is 0 Å². The number of anilines is 2. The molecule has 0 spiro atoms. The van der Waals surface area contributed by atoms with Crippen LogP contribution in [0.25, 0.3) is 0 Å². The predicted octanol–water partition coefficient (Wildman–Crippen LogP) is 4.05. The van der Waals surface area contributed by atoms with Gasteiger partial charge < -0.3 is 10.2 Å². The number of pyridine rings is 1. The number of nitrogens with one attached hydrogen (secondary N) is 1. The summed E-state index contributed by atoms with van der Waals surface area (Å²) < 4.78 is 0. The number of benzene rings is 1. The molecule has 0 radical (unpaired) electrons. The molecule has 0 saturated carbocycles. The average molecular weight is 283 g/mol. The minimum absolute atomic E-state index is 0.827. The number of nitrogens with zero attached hydrogens (tertiary/aromatic N) is 2. The number of rotatable bonds is 7. The van der Waals surface area contributed by atoms with E-state index in [0.29, 0.717) is 0 Å². The highest BCUT2D eigenvalue weighted by Gasteiger charge is 2.08. The Kier molecular flexibility index (Phi) is 5.76. The van der Waals surface area contributed by atoms with Gasteiger partial charge in [0.15, 0.2) is 0 Å². The van der Waals surface area contributed by atoms with Crippen LogP contribution in [0.1, 0.15) is 31.5 Å². The first-order valence-corrected chi connectivity index (χ1v) is 7.75. The molecule has 1 aromatic heterocycles. The van der Waals surface area contributed by atoms with Crippen LogP contribution in [0.15, 0.2) is 42.5 Å². The van der Waals surface area contributed by atoms with Crippen molar-refractivity contribution in [3.05, 3.63) is 53.7 Å². The van der Waals surface area contributed by atoms with Crippen molar-refractivity contribution in [2.45, 2.75) is 33.7 Å². The van der Waals surface area contributed by atoms with Gasteiger partial charge in [-0.15, -0.1) is 0 Å². The second kappa shape index (κ2) is 7.79. The van der Waals surface area contributed by atoms with E-state index in [-0.39, 0.29) is 0 Å². The van der Waals surface area contributed by atoms with E-state index < -0.39 is 0 Å². The van der Waals surface area contributed by atoms with Crippen molar-refractivity contribution in [1.82, 2.24) is 10.3 Å². The highest BCUT2D eigenvalue weighted by Crippen LogP contribution is 2.23. The molecule has 1 N–H and O–H groups in total. The van der Waals surface area contributed by atoms with Crippen molar-refractivity contribution in [2.75, 3.05) is 18.0 Å². The Balaban J connectivity index is 2.17. The third-order valence-corrected chi connectivity index (χ3v) is 3.46. The Bertz CT molecular complexity index is 549. The lowest BCUT2D eigenvalue weighted by Crippen LogP contribution is -2.19. The monoisotopic (exact) mass is 283 g/mol. The topological polar surface area (TPSA) is 28.2 Å². The number of aryl methyl sites for hydroxylation is 1. The first kappa shape index (κ1) is 15.5. The van der Waals surface area contributed by atoms with Crippen molar-refractivity contribution >= 4 is 11.5 Å². The summed E-state index contributed by atoms with van der Waals surface area (Å²) >= 11 is 0. The van der Waals surface area contributed by atoms with E-state index in [1.54, 1.807) is 0 Å². The molecule has 0 aliphatic rings. The maximum absolute atomic E-state index is 4.78. The molecule has 1 heterocycles. The summed E-state index contributed by atoms with van der Waals surface area (Å²) in [5, 5.41) is 3.40. The van der Waals surface area contributed by atoms with Crippen LogP contribution in [0.3, 0.4) is 0 Å². The van der Waals surface area contributed by atoms with Gasteiger partial charge in [0, 0.05) is 18.8 Å². The van der Waals surface area contributed by atoms with Crippen molar-refractivity contribution < 1.29 is 0 Å². The number of hydrogen-bond donors (Lipinski definition) is 1. The summed E-state index contributed by atoms with van der Waals surface area (Å²) in [5.41, 5.74) is 3.56. The van der Waals surface area contributed by atoms with Crippen LogP contribution in [0.4, 0.5) is 11.5 Å². The van der Waals surface area contributed by atoms with Crippen LogP contribution < -0.4 is 10.2 Å². The van der Waals surface area contributed by atoms with Crippen LogP contribution in [0, 0.1) is 6.92 Å². The van der Waals surface area contributed by atoms with Crippen LogP contribution in [0.5, 0.6) is 0 Å². The molecule has 3 nitrogen and oxygen atoms in total. The summed E-state index contributed by atoms with van der Waals surface area (Å²) in [6, 6.07) is 14.8. The van der Waals surface area contributed by atoms with Gasteiger partial charge >= 0.3 is 0 Å². The van der Waals surface area contributed by atoms with Crippen molar-refractivity contribution in [1.29, 1.82) is 0 Å². The summed E-state index contributed by atoms with van der Waals surface area (Å²) in [6.07, 6.45) is 1.14. The molecule has 112 valence electrons. The molecule has 1 aromatic carbocycles. The minimum atomic E-state index is 0.827. The smallest absolute Gasteiger partial charge is 0.133 e. The van der Waals surface area contributed by atoms with E-state index in [1.165, 1.54) is 11.3 Å². The Labute approximate surface area is 128 Å². The highest BCUT2D eigenvalue weighted by molar-refractivity contribution is 5.60. The van der Waals surface area contributed by atoms with E-state index in [1.807, 2.05) is 0 Å². The number of aromatic nitrogens is 1. The lowest BCUT2D eigenvalue weighted by molar-refractivity contribution is 0.664. The lowest BCUT2D eigenvalue weighted by Gasteiger charge is -2.22. The van der Waals surface area contributed by atoms with E-state index >= 15 is 0 Å². The molecule has 0 saturated heterocycles. The van der Waals surface area contributed by atoms with E-state index in [4.69, 9.17) is 4.98 Å². The SMILES string of the molecule is CCCNCc1cccc(N(CC)c2ccc(C)cc2)n1. The minimum Gasteiger partial charge on any atom is -0.327 e. The van der Waals surface area contributed by atoms with Gasteiger partial charge in [0.1, 0.15) is 5.82 Å². The zero-order valence-corrected chi connectivity index (χ0v) is 13.3. The van der Waals surface area contributed by atoms with E-state index in [0.717, 1.165) is 37.6 Å². The summed E-state index contributed by atoms with van der Waals surface area (Å²) in [4.78, 5) is 7.02. The molecular formula is C18H25N3. The zero-order valence-electron chi connectivity index (χ0n) is 13.3. The van der Waals surface area contributed by atoms with Gasteiger partial charge in [0.05, 0.1) is 5.69 Å². The normalized spacial score (nSPS) is 10.6. The zero-order chi connectivity index (χ0) is 15.1. The molecule has 0 bridgehead atoms. The maximum Gasteiger partial charge on any atom is 0.133 e. The maximum atomic E-state index is 4.78. The standard InChI is InChI=1S/C18H25N3/c1-4-13-19-14-16-7-6-8-18(20-16)21(5-2)17-11-9-15(3)10-12-17/h6-12,19H,4-5,13-14H2,1-3H3. The molecule has 0 amide bonds. The second-order valence-corrected chi connectivity index (χ2v) is 5.24. The first-order chi connectivity index (χ1) is 10.2. The third kappa shape index (κ3) is 4.30. The molecular weight excluding hydrogens is 258 g/mol. The number of hydrogen-bond acceptors (Lipinski definition) is 3. The molecule has 0 fully saturated rings. The first-order valence-electron chi connectivity index (χ1n) is 7.75. The van der Waals surface area contributed by atoms with E-state index in [2.05, 4.69) is 73.5 Å². The summed E-state index contributed by atoms with van der Waals surface area (Å²) in [7, 11) is 0. The molecule has 2 aromatic rings. The van der Waals surface area contributed by atoms with Crippen molar-refractivity contribution in [3.8, 4) is 0 Å². The van der Waals surface area contributed by atoms with Gasteiger partial charge in [-0.25, -0.2) is 4.98 Å². The van der Waals surface area contributed by atoms with Crippen LogP contribution in [0.2, 0.25) is 0 Å². The quantitative estimate of drug-likeness (QED) is 0.777. The summed E-state index contributed by atoms with van der Waals surface area (Å²) in [6.45, 7) is 9.20.